The molecule has 0 saturated carbocycles. The number of carbonyl (C=O) groups is 1. The fourth-order valence-corrected chi connectivity index (χ4v) is 3.16. The third-order valence-corrected chi connectivity index (χ3v) is 5.02. The molecule has 7 heteroatoms. The molecule has 2 N–H and O–H groups in total. The molecule has 0 aliphatic heterocycles. The maximum Gasteiger partial charge on any atom is 0.230 e. The van der Waals surface area contributed by atoms with Gasteiger partial charge in [-0.3, -0.25) is 4.79 Å². The number of hydrogen-bond acceptors (Lipinski definition) is 4. The number of hydrogen-bond donors (Lipinski definition) is 2. The predicted molar refractivity (Wildman–Crippen MR) is 94.6 cm³/mol. The number of nitrogens with one attached hydrogen (secondary N) is 2. The van der Waals surface area contributed by atoms with E-state index in [1.807, 2.05) is 20.8 Å². The molecule has 0 fully saturated rings. The molecule has 0 spiro atoms. The van der Waals surface area contributed by atoms with Crippen LogP contribution in [0, 0.1) is 5.82 Å². The highest BCUT2D eigenvalue weighted by molar-refractivity contribution is 8.00. The van der Waals surface area contributed by atoms with Crippen LogP contribution >= 0.6 is 11.8 Å². The van der Waals surface area contributed by atoms with Crippen molar-refractivity contribution in [1.29, 1.82) is 0 Å². The minimum atomic E-state index is -0.296. The number of aromatic nitrogens is 3. The molecule has 0 bridgehead atoms. The van der Waals surface area contributed by atoms with Gasteiger partial charge in [-0.25, -0.2) is 4.39 Å². The van der Waals surface area contributed by atoms with Crippen LogP contribution in [0.25, 0.3) is 21.8 Å². The van der Waals surface area contributed by atoms with Gasteiger partial charge in [-0.1, -0.05) is 18.7 Å². The van der Waals surface area contributed by atoms with Gasteiger partial charge in [-0.05, 0) is 38.5 Å². The first-order valence-corrected chi connectivity index (χ1v) is 8.74. The summed E-state index contributed by atoms with van der Waals surface area (Å²) >= 11 is 1.32. The van der Waals surface area contributed by atoms with Gasteiger partial charge in [0.25, 0.3) is 0 Å². The van der Waals surface area contributed by atoms with Gasteiger partial charge in [-0.15, -0.1) is 5.10 Å². The van der Waals surface area contributed by atoms with E-state index in [1.54, 1.807) is 12.3 Å². The van der Waals surface area contributed by atoms with Crippen LogP contribution in [0.4, 0.5) is 4.39 Å². The van der Waals surface area contributed by atoms with E-state index < -0.39 is 0 Å². The van der Waals surface area contributed by atoms with Gasteiger partial charge in [-0.2, -0.15) is 5.10 Å². The summed E-state index contributed by atoms with van der Waals surface area (Å²) in [5, 5.41) is 13.3. The van der Waals surface area contributed by atoms with E-state index in [0.717, 1.165) is 28.2 Å². The van der Waals surface area contributed by atoms with Crippen LogP contribution in [0.5, 0.6) is 0 Å². The van der Waals surface area contributed by atoms with Crippen molar-refractivity contribution in [1.82, 2.24) is 20.5 Å². The molecule has 5 nitrogen and oxygen atoms in total. The second kappa shape index (κ2) is 6.39. The quantitative estimate of drug-likeness (QED) is 0.692. The molecule has 3 rings (SSSR count). The highest BCUT2D eigenvalue weighted by Gasteiger charge is 2.19. The lowest BCUT2D eigenvalue weighted by Crippen LogP contribution is -2.43. The van der Waals surface area contributed by atoms with Crippen molar-refractivity contribution in [2.45, 2.75) is 37.8 Å². The van der Waals surface area contributed by atoms with Crippen molar-refractivity contribution in [3.05, 3.63) is 30.2 Å². The first-order chi connectivity index (χ1) is 11.4. The molecular weight excluding hydrogens is 327 g/mol. The van der Waals surface area contributed by atoms with E-state index in [9.17, 15) is 9.18 Å². The van der Waals surface area contributed by atoms with Crippen LogP contribution in [0.2, 0.25) is 0 Å². The molecule has 24 heavy (non-hydrogen) atoms. The number of amides is 1. The van der Waals surface area contributed by atoms with E-state index in [1.165, 1.54) is 23.9 Å². The summed E-state index contributed by atoms with van der Waals surface area (Å²) in [6.07, 6.45) is 2.46. The first kappa shape index (κ1) is 16.7. The minimum Gasteiger partial charge on any atom is -0.352 e. The van der Waals surface area contributed by atoms with E-state index in [-0.39, 0.29) is 23.0 Å². The Labute approximate surface area is 143 Å². The van der Waals surface area contributed by atoms with Crippen molar-refractivity contribution in [3.8, 4) is 0 Å². The Balaban J connectivity index is 1.85. The van der Waals surface area contributed by atoms with Crippen LogP contribution in [0.15, 0.2) is 29.4 Å². The average Bonchev–Trinajstić information content (AvgIpc) is 2.91. The standard InChI is InChI=1S/C17H19FN4OS/c1-4-17(2,3)21-14(23)9-24-16-15-12(8-19-22-16)11-7-10(18)5-6-13(11)20-15/h5-8,20H,4,9H2,1-3H3,(H,21,23). The maximum absolute atomic E-state index is 13.5. The SMILES string of the molecule is CCC(C)(C)NC(=O)CSc1nncc2c1[nH]c1ccc(F)cc12. The lowest BCUT2D eigenvalue weighted by atomic mass is 10.0. The van der Waals surface area contributed by atoms with Gasteiger partial charge in [0.2, 0.25) is 5.91 Å². The fraction of sp³-hybridized carbons (Fsp3) is 0.353. The van der Waals surface area contributed by atoms with Crippen molar-refractivity contribution >= 4 is 39.5 Å². The molecule has 126 valence electrons. The number of nitrogens with zero attached hydrogens (tertiary/aromatic N) is 2. The van der Waals surface area contributed by atoms with E-state index in [0.29, 0.717) is 5.03 Å². The van der Waals surface area contributed by atoms with Crippen LogP contribution < -0.4 is 5.32 Å². The van der Waals surface area contributed by atoms with Crippen molar-refractivity contribution in [3.63, 3.8) is 0 Å². The zero-order valence-electron chi connectivity index (χ0n) is 13.8. The van der Waals surface area contributed by atoms with Crippen LogP contribution in [-0.4, -0.2) is 32.4 Å². The number of thioether (sulfide) groups is 1. The van der Waals surface area contributed by atoms with E-state index in [2.05, 4.69) is 20.5 Å². The zero-order chi connectivity index (χ0) is 17.3. The summed E-state index contributed by atoms with van der Waals surface area (Å²) in [5.41, 5.74) is 1.37. The van der Waals surface area contributed by atoms with E-state index >= 15 is 0 Å². The second-order valence-corrected chi connectivity index (χ2v) is 7.29. The monoisotopic (exact) mass is 346 g/mol. The molecule has 2 aromatic heterocycles. The van der Waals surface area contributed by atoms with Gasteiger partial charge in [0.1, 0.15) is 10.8 Å². The third kappa shape index (κ3) is 3.36. The number of fused-ring (bicyclic) bond motifs is 3. The topological polar surface area (TPSA) is 70.7 Å². The van der Waals surface area contributed by atoms with Gasteiger partial charge in [0.15, 0.2) is 0 Å². The zero-order valence-corrected chi connectivity index (χ0v) is 14.6. The summed E-state index contributed by atoms with van der Waals surface area (Å²) in [5.74, 6) is -0.0931. The molecule has 0 aliphatic carbocycles. The lowest BCUT2D eigenvalue weighted by Gasteiger charge is -2.24. The van der Waals surface area contributed by atoms with Gasteiger partial charge < -0.3 is 10.3 Å². The van der Waals surface area contributed by atoms with Gasteiger partial charge in [0.05, 0.1) is 17.5 Å². The number of rotatable bonds is 5. The second-order valence-electron chi connectivity index (χ2n) is 6.33. The van der Waals surface area contributed by atoms with Crippen molar-refractivity contribution in [2.75, 3.05) is 5.75 Å². The molecule has 0 aliphatic rings. The summed E-state index contributed by atoms with van der Waals surface area (Å²) in [6.45, 7) is 6.01. The number of carbonyl (C=O) groups excluding carboxylic acids is 1. The summed E-state index contributed by atoms with van der Waals surface area (Å²) in [6, 6.07) is 4.57. The molecule has 2 heterocycles. The molecule has 0 saturated heterocycles. The molecule has 0 radical (unpaired) electrons. The van der Waals surface area contributed by atoms with E-state index in [4.69, 9.17) is 0 Å². The molecule has 1 aromatic carbocycles. The smallest absolute Gasteiger partial charge is 0.230 e. The van der Waals surface area contributed by atoms with Crippen LogP contribution in [0.1, 0.15) is 27.2 Å². The number of H-pyrrole nitrogens is 1. The molecule has 1 amide bonds. The Hall–Kier alpha value is -2.15. The summed E-state index contributed by atoms with van der Waals surface area (Å²) in [7, 11) is 0. The highest BCUT2D eigenvalue weighted by atomic mass is 32.2. The molecular formula is C17H19FN4OS. The van der Waals surface area contributed by atoms with Crippen LogP contribution in [-0.2, 0) is 4.79 Å². The van der Waals surface area contributed by atoms with Crippen molar-refractivity contribution < 1.29 is 9.18 Å². The Kier molecular flexibility index (Phi) is 4.45. The molecule has 0 unspecified atom stereocenters. The Morgan fingerprint density at radius 1 is 1.38 bits per heavy atom. The fourth-order valence-electron chi connectivity index (χ4n) is 2.41. The van der Waals surface area contributed by atoms with Crippen molar-refractivity contribution in [2.24, 2.45) is 0 Å². The first-order valence-electron chi connectivity index (χ1n) is 7.76. The number of aromatic amines is 1. The van der Waals surface area contributed by atoms with Gasteiger partial charge >= 0.3 is 0 Å². The number of halogens is 1. The largest absolute Gasteiger partial charge is 0.352 e. The maximum atomic E-state index is 13.5. The highest BCUT2D eigenvalue weighted by Crippen LogP contribution is 2.30. The normalized spacial score (nSPS) is 12.0. The summed E-state index contributed by atoms with van der Waals surface area (Å²) < 4.78 is 13.5. The minimum absolute atomic E-state index is 0.0483. The average molecular weight is 346 g/mol. The lowest BCUT2D eigenvalue weighted by molar-refractivity contribution is -0.120. The van der Waals surface area contributed by atoms with Crippen LogP contribution in [0.3, 0.4) is 0 Å². The Morgan fingerprint density at radius 2 is 2.17 bits per heavy atom. The predicted octanol–water partition coefficient (Wildman–Crippen LogP) is 3.65. The Morgan fingerprint density at radius 3 is 2.92 bits per heavy atom. The molecule has 3 aromatic rings. The summed E-state index contributed by atoms with van der Waals surface area (Å²) in [4.78, 5) is 15.3. The molecule has 0 atom stereocenters. The third-order valence-electron chi connectivity index (χ3n) is 4.05. The Bertz CT molecular complexity index is 906. The number of benzene rings is 1. The van der Waals surface area contributed by atoms with Gasteiger partial charge in [0, 0.05) is 21.8 Å².